The predicted octanol–water partition coefficient (Wildman–Crippen LogP) is 2.85. The van der Waals surface area contributed by atoms with Gasteiger partial charge in [-0.3, -0.25) is 9.78 Å². The maximum atomic E-state index is 12.7. The number of nitriles is 1. The number of rotatable bonds is 3. The van der Waals surface area contributed by atoms with Gasteiger partial charge in [-0.05, 0) is 55.4 Å². The maximum absolute atomic E-state index is 12.7. The highest BCUT2D eigenvalue weighted by Crippen LogP contribution is 2.23. The van der Waals surface area contributed by atoms with Crippen LogP contribution in [0.2, 0.25) is 0 Å². The molecule has 1 N–H and O–H groups in total. The summed E-state index contributed by atoms with van der Waals surface area (Å²) < 4.78 is 31.7. The lowest BCUT2D eigenvalue weighted by Crippen LogP contribution is -2.36. The molecule has 1 aliphatic heterocycles. The molecular formula is C21H21F3N4O3. The van der Waals surface area contributed by atoms with E-state index >= 15 is 0 Å². The Hall–Kier alpha value is -3.45. The average Bonchev–Trinajstić information content (AvgIpc) is 2.72. The van der Waals surface area contributed by atoms with Crippen LogP contribution in [0, 0.1) is 11.3 Å². The predicted molar refractivity (Wildman–Crippen MR) is 105 cm³/mol. The lowest BCUT2D eigenvalue weighted by molar-refractivity contribution is -0.192. The van der Waals surface area contributed by atoms with Crippen LogP contribution in [0.1, 0.15) is 32.6 Å². The summed E-state index contributed by atoms with van der Waals surface area (Å²) in [6, 6.07) is 8.95. The topological polar surface area (TPSA) is 97.5 Å². The number of carbonyl (C=O) groups is 2. The Labute approximate surface area is 177 Å². The normalized spacial score (nSPS) is 13.0. The van der Waals surface area contributed by atoms with E-state index in [1.165, 1.54) is 11.1 Å². The molecule has 3 rings (SSSR count). The Morgan fingerprint density at radius 1 is 1.29 bits per heavy atom. The van der Waals surface area contributed by atoms with Crippen molar-refractivity contribution in [2.45, 2.75) is 25.7 Å². The summed E-state index contributed by atoms with van der Waals surface area (Å²) in [7, 11) is 4.08. The van der Waals surface area contributed by atoms with E-state index in [1.807, 2.05) is 31.4 Å². The second-order valence-electron chi connectivity index (χ2n) is 7.15. The smallest absolute Gasteiger partial charge is 0.475 e. The van der Waals surface area contributed by atoms with E-state index < -0.39 is 12.1 Å². The summed E-state index contributed by atoms with van der Waals surface area (Å²) in [6.07, 6.45) is -0.461. The number of aromatic nitrogens is 1. The molecule has 2 aromatic rings. The van der Waals surface area contributed by atoms with Crippen molar-refractivity contribution in [1.82, 2.24) is 14.8 Å². The van der Waals surface area contributed by atoms with Gasteiger partial charge < -0.3 is 14.9 Å². The molecule has 7 nitrogen and oxygen atoms in total. The molecule has 10 heteroatoms. The maximum Gasteiger partial charge on any atom is 0.490 e. The highest BCUT2D eigenvalue weighted by molar-refractivity contribution is 5.94. The van der Waals surface area contributed by atoms with Gasteiger partial charge in [-0.2, -0.15) is 18.4 Å². The van der Waals surface area contributed by atoms with Crippen LogP contribution in [0.5, 0.6) is 0 Å². The van der Waals surface area contributed by atoms with Crippen LogP contribution in [0.3, 0.4) is 0 Å². The molecule has 0 atom stereocenters. The van der Waals surface area contributed by atoms with Gasteiger partial charge in [-0.25, -0.2) is 4.79 Å². The molecule has 0 fully saturated rings. The molecule has 2 heterocycles. The Kier molecular flexibility index (Phi) is 7.72. The van der Waals surface area contributed by atoms with Gasteiger partial charge >= 0.3 is 12.1 Å². The molecule has 0 saturated carbocycles. The summed E-state index contributed by atoms with van der Waals surface area (Å²) in [5.41, 5.74) is 4.73. The number of aliphatic carboxylic acids is 1. The van der Waals surface area contributed by atoms with E-state index in [0.29, 0.717) is 24.2 Å². The molecule has 1 amide bonds. The van der Waals surface area contributed by atoms with Crippen LogP contribution in [-0.2, 0) is 24.3 Å². The van der Waals surface area contributed by atoms with E-state index in [-0.39, 0.29) is 5.91 Å². The number of fused-ring (bicyclic) bond motifs is 1. The molecule has 31 heavy (non-hydrogen) atoms. The summed E-state index contributed by atoms with van der Waals surface area (Å²) in [6.45, 7) is 2.11. The van der Waals surface area contributed by atoms with Gasteiger partial charge in [-0.15, -0.1) is 0 Å². The number of hydrogen-bond acceptors (Lipinski definition) is 5. The van der Waals surface area contributed by atoms with Crippen molar-refractivity contribution in [1.29, 1.82) is 5.26 Å². The molecular weight excluding hydrogens is 413 g/mol. The summed E-state index contributed by atoms with van der Waals surface area (Å²) in [5.74, 6) is -2.79. The van der Waals surface area contributed by atoms with Gasteiger partial charge in [0.2, 0.25) is 0 Å². The van der Waals surface area contributed by atoms with Gasteiger partial charge in [-0.1, -0.05) is 6.07 Å². The molecule has 164 valence electrons. The first-order chi connectivity index (χ1) is 14.5. The van der Waals surface area contributed by atoms with E-state index in [2.05, 4.69) is 16.0 Å². The minimum absolute atomic E-state index is 0.0317. The van der Waals surface area contributed by atoms with Crippen LogP contribution in [0.4, 0.5) is 13.2 Å². The van der Waals surface area contributed by atoms with Gasteiger partial charge in [0.1, 0.15) is 0 Å². The van der Waals surface area contributed by atoms with Crippen molar-refractivity contribution in [3.63, 3.8) is 0 Å². The van der Waals surface area contributed by atoms with Crippen LogP contribution >= 0.6 is 0 Å². The van der Waals surface area contributed by atoms with Crippen LogP contribution < -0.4 is 0 Å². The first kappa shape index (κ1) is 23.8. The molecule has 0 aliphatic carbocycles. The number of halogens is 3. The van der Waals surface area contributed by atoms with E-state index in [1.54, 1.807) is 24.3 Å². The standard InChI is InChI=1S/C19H20N4O.C2HF3O2/c1-22(2)12-16-10-21-11-17-13-23(7-6-18(16)17)19(24)15-5-3-4-14(8-15)9-20;3-2(4,5)1(6)7/h3-5,8,10-11H,6-7,12-13H2,1-2H3;(H,6,7). The molecule has 0 bridgehead atoms. The van der Waals surface area contributed by atoms with Crippen LogP contribution in [0.15, 0.2) is 36.7 Å². The van der Waals surface area contributed by atoms with Crippen molar-refractivity contribution < 1.29 is 27.9 Å². The lowest BCUT2D eigenvalue weighted by Gasteiger charge is -2.30. The fourth-order valence-corrected chi connectivity index (χ4v) is 3.12. The SMILES string of the molecule is CN(C)Cc1cncc2c1CCN(C(=O)c1cccc(C#N)c1)C2.O=C(O)C(F)(F)F. The first-order valence-corrected chi connectivity index (χ1v) is 9.21. The largest absolute Gasteiger partial charge is 0.490 e. The number of pyridine rings is 1. The Morgan fingerprint density at radius 3 is 2.55 bits per heavy atom. The molecule has 1 aromatic carbocycles. The number of hydrogen-bond donors (Lipinski definition) is 1. The zero-order chi connectivity index (χ0) is 23.2. The van der Waals surface area contributed by atoms with Crippen LogP contribution in [0.25, 0.3) is 0 Å². The van der Waals surface area contributed by atoms with Crippen molar-refractivity contribution in [3.05, 3.63) is 64.5 Å². The summed E-state index contributed by atoms with van der Waals surface area (Å²) in [4.78, 5) is 29.9. The third-order valence-electron chi connectivity index (χ3n) is 4.48. The molecule has 0 saturated heterocycles. The molecule has 1 aromatic heterocycles. The number of nitrogens with zero attached hydrogens (tertiary/aromatic N) is 4. The molecule has 0 spiro atoms. The average molecular weight is 434 g/mol. The first-order valence-electron chi connectivity index (χ1n) is 9.21. The van der Waals surface area contributed by atoms with Gasteiger partial charge in [0.25, 0.3) is 5.91 Å². The Bertz CT molecular complexity index is 1000. The monoisotopic (exact) mass is 434 g/mol. The Balaban J connectivity index is 0.000000423. The molecule has 0 unspecified atom stereocenters. The molecule has 0 radical (unpaired) electrons. The van der Waals surface area contributed by atoms with E-state index in [9.17, 15) is 18.0 Å². The quantitative estimate of drug-likeness (QED) is 0.798. The number of benzene rings is 1. The zero-order valence-corrected chi connectivity index (χ0v) is 17.0. The number of carbonyl (C=O) groups excluding carboxylic acids is 1. The lowest BCUT2D eigenvalue weighted by atomic mass is 9.96. The third kappa shape index (κ3) is 6.52. The van der Waals surface area contributed by atoms with Crippen molar-refractivity contribution in [2.75, 3.05) is 20.6 Å². The molecule has 1 aliphatic rings. The van der Waals surface area contributed by atoms with Crippen molar-refractivity contribution in [3.8, 4) is 6.07 Å². The van der Waals surface area contributed by atoms with Gasteiger partial charge in [0.05, 0.1) is 11.6 Å². The van der Waals surface area contributed by atoms with Crippen LogP contribution in [-0.4, -0.2) is 58.6 Å². The fraction of sp³-hybridized carbons (Fsp3) is 0.333. The highest BCUT2D eigenvalue weighted by atomic mass is 19.4. The van der Waals surface area contributed by atoms with Gasteiger partial charge in [0.15, 0.2) is 0 Å². The second kappa shape index (κ2) is 10.0. The number of carboxylic acids is 1. The number of alkyl halides is 3. The summed E-state index contributed by atoms with van der Waals surface area (Å²) >= 11 is 0. The number of carboxylic acid groups (broad SMARTS) is 1. The number of amides is 1. The Morgan fingerprint density at radius 2 is 1.97 bits per heavy atom. The fourth-order valence-electron chi connectivity index (χ4n) is 3.12. The van der Waals surface area contributed by atoms with E-state index in [0.717, 1.165) is 18.5 Å². The minimum atomic E-state index is -5.08. The van der Waals surface area contributed by atoms with E-state index in [4.69, 9.17) is 15.2 Å². The zero-order valence-electron chi connectivity index (χ0n) is 17.0. The summed E-state index contributed by atoms with van der Waals surface area (Å²) in [5, 5.41) is 16.1. The van der Waals surface area contributed by atoms with Gasteiger partial charge in [0, 0.05) is 37.6 Å². The second-order valence-corrected chi connectivity index (χ2v) is 7.15. The minimum Gasteiger partial charge on any atom is -0.475 e. The highest BCUT2D eigenvalue weighted by Gasteiger charge is 2.38. The third-order valence-corrected chi connectivity index (χ3v) is 4.48. The van der Waals surface area contributed by atoms with Crippen molar-refractivity contribution >= 4 is 11.9 Å². The van der Waals surface area contributed by atoms with Crippen molar-refractivity contribution in [2.24, 2.45) is 0 Å².